The fourth-order valence-corrected chi connectivity index (χ4v) is 2.88. The number of hydrogen-bond acceptors (Lipinski definition) is 3. The van der Waals surface area contributed by atoms with Gasteiger partial charge in [0.05, 0.1) is 0 Å². The van der Waals surface area contributed by atoms with Gasteiger partial charge in [0.2, 0.25) is 5.91 Å². The first kappa shape index (κ1) is 11.5. The van der Waals surface area contributed by atoms with Gasteiger partial charge >= 0.3 is 0 Å². The maximum atomic E-state index is 11.9. The van der Waals surface area contributed by atoms with E-state index in [1.807, 2.05) is 0 Å². The molecule has 1 N–H and O–H groups in total. The molecule has 1 amide bonds. The maximum Gasteiger partial charge on any atom is 0.225 e. The molecule has 2 heterocycles. The van der Waals surface area contributed by atoms with Crippen molar-refractivity contribution in [3.63, 3.8) is 0 Å². The van der Waals surface area contributed by atoms with E-state index in [2.05, 4.69) is 10.2 Å². The van der Waals surface area contributed by atoms with Crippen molar-refractivity contribution >= 4 is 5.91 Å². The molecule has 0 aromatic carbocycles. The van der Waals surface area contributed by atoms with Gasteiger partial charge in [-0.3, -0.25) is 4.79 Å². The van der Waals surface area contributed by atoms with Gasteiger partial charge in [-0.15, -0.1) is 0 Å². The summed E-state index contributed by atoms with van der Waals surface area (Å²) in [4.78, 5) is 14.0. The van der Waals surface area contributed by atoms with Crippen LogP contribution in [0.5, 0.6) is 0 Å². The lowest BCUT2D eigenvalue weighted by molar-refractivity contribution is -0.131. The lowest BCUT2D eigenvalue weighted by Crippen LogP contribution is -2.43. The molecule has 0 radical (unpaired) electrons. The Balaban J connectivity index is 1.44. The van der Waals surface area contributed by atoms with E-state index in [-0.39, 0.29) is 0 Å². The minimum atomic E-state index is 0.372. The van der Waals surface area contributed by atoms with Crippen LogP contribution in [0.3, 0.4) is 0 Å². The Morgan fingerprint density at radius 2 is 1.82 bits per heavy atom. The highest BCUT2D eigenvalue weighted by Gasteiger charge is 2.36. The molecule has 4 heteroatoms. The second kappa shape index (κ2) is 4.94. The van der Waals surface area contributed by atoms with Crippen LogP contribution in [0.2, 0.25) is 0 Å². The van der Waals surface area contributed by atoms with Gasteiger partial charge in [-0.05, 0) is 32.1 Å². The number of ether oxygens (including phenoxy) is 1. The first-order chi connectivity index (χ1) is 8.33. The van der Waals surface area contributed by atoms with Gasteiger partial charge in [0.1, 0.15) is 0 Å². The van der Waals surface area contributed by atoms with Gasteiger partial charge in [0.25, 0.3) is 0 Å². The van der Waals surface area contributed by atoms with Gasteiger partial charge in [0, 0.05) is 44.3 Å². The molecule has 2 aliphatic heterocycles. The van der Waals surface area contributed by atoms with Crippen LogP contribution in [0.4, 0.5) is 0 Å². The van der Waals surface area contributed by atoms with Gasteiger partial charge in [0.15, 0.2) is 0 Å². The first-order valence-corrected chi connectivity index (χ1v) is 6.95. The minimum absolute atomic E-state index is 0.372. The van der Waals surface area contributed by atoms with E-state index in [9.17, 15) is 4.79 Å². The number of rotatable bonds is 3. The number of nitrogens with one attached hydrogen (secondary N) is 1. The van der Waals surface area contributed by atoms with Crippen molar-refractivity contribution in [3.8, 4) is 0 Å². The van der Waals surface area contributed by atoms with Crippen molar-refractivity contribution in [1.29, 1.82) is 0 Å². The molecular formula is C13H22N2O2. The second-order valence-electron chi connectivity index (χ2n) is 5.60. The smallest absolute Gasteiger partial charge is 0.225 e. The van der Waals surface area contributed by atoms with Gasteiger partial charge in [-0.25, -0.2) is 0 Å². The number of nitrogens with zero attached hydrogens (tertiary/aromatic N) is 1. The van der Waals surface area contributed by atoms with Crippen LogP contribution in [-0.4, -0.2) is 49.2 Å². The number of carbonyl (C=O) groups is 1. The van der Waals surface area contributed by atoms with Gasteiger partial charge in [-0.1, -0.05) is 0 Å². The number of carbonyl (C=O) groups excluding carboxylic acids is 1. The van der Waals surface area contributed by atoms with Crippen LogP contribution < -0.4 is 5.32 Å². The van der Waals surface area contributed by atoms with E-state index < -0.39 is 0 Å². The Bertz CT molecular complexity index is 285. The third kappa shape index (κ3) is 2.80. The van der Waals surface area contributed by atoms with Crippen molar-refractivity contribution in [2.45, 2.75) is 44.2 Å². The Morgan fingerprint density at radius 1 is 1.06 bits per heavy atom. The summed E-state index contributed by atoms with van der Waals surface area (Å²) in [5.41, 5.74) is 0. The fraction of sp³-hybridized carbons (Fsp3) is 0.923. The normalized spacial score (nSPS) is 30.8. The Kier molecular flexibility index (Phi) is 3.34. The number of hydrogen-bond donors (Lipinski definition) is 1. The van der Waals surface area contributed by atoms with Crippen molar-refractivity contribution in [3.05, 3.63) is 0 Å². The molecule has 4 nitrogen and oxygen atoms in total. The standard InChI is InChI=1S/C13H22N2O2/c16-13(10-1-2-10)15-6-3-12(9-15)14-11-4-7-17-8-5-11/h10-12,14H,1-9H2. The van der Waals surface area contributed by atoms with Gasteiger partial charge < -0.3 is 15.0 Å². The van der Waals surface area contributed by atoms with Crippen molar-refractivity contribution in [2.75, 3.05) is 26.3 Å². The molecule has 3 rings (SSSR count). The molecule has 2 saturated heterocycles. The largest absolute Gasteiger partial charge is 0.381 e. The topological polar surface area (TPSA) is 41.6 Å². The molecule has 1 saturated carbocycles. The van der Waals surface area contributed by atoms with E-state index in [1.54, 1.807) is 0 Å². The average Bonchev–Trinajstić information content (AvgIpc) is 3.11. The van der Waals surface area contributed by atoms with E-state index in [0.717, 1.165) is 58.4 Å². The van der Waals surface area contributed by atoms with E-state index in [0.29, 0.717) is 23.9 Å². The van der Waals surface area contributed by atoms with Crippen molar-refractivity contribution in [2.24, 2.45) is 5.92 Å². The quantitative estimate of drug-likeness (QED) is 0.789. The monoisotopic (exact) mass is 238 g/mol. The molecule has 1 aliphatic carbocycles. The number of amides is 1. The molecule has 1 atom stereocenters. The van der Waals surface area contributed by atoms with Crippen molar-refractivity contribution < 1.29 is 9.53 Å². The molecule has 3 aliphatic rings. The lowest BCUT2D eigenvalue weighted by Gasteiger charge is -2.26. The predicted molar refractivity (Wildman–Crippen MR) is 64.7 cm³/mol. The molecule has 17 heavy (non-hydrogen) atoms. The van der Waals surface area contributed by atoms with Crippen LogP contribution in [0.25, 0.3) is 0 Å². The second-order valence-corrected chi connectivity index (χ2v) is 5.60. The minimum Gasteiger partial charge on any atom is -0.381 e. The molecule has 3 fully saturated rings. The van der Waals surface area contributed by atoms with E-state index in [1.165, 1.54) is 0 Å². The third-order valence-corrected chi connectivity index (χ3v) is 4.12. The summed E-state index contributed by atoms with van der Waals surface area (Å²) in [7, 11) is 0. The van der Waals surface area contributed by atoms with E-state index >= 15 is 0 Å². The van der Waals surface area contributed by atoms with Crippen LogP contribution in [0.15, 0.2) is 0 Å². The highest BCUT2D eigenvalue weighted by molar-refractivity contribution is 5.81. The Hall–Kier alpha value is -0.610. The zero-order valence-electron chi connectivity index (χ0n) is 10.4. The molecule has 0 aromatic heterocycles. The zero-order valence-corrected chi connectivity index (χ0v) is 10.4. The zero-order chi connectivity index (χ0) is 11.7. The average molecular weight is 238 g/mol. The molecule has 0 aromatic rings. The summed E-state index contributed by atoms with van der Waals surface area (Å²) in [6.07, 6.45) is 5.59. The predicted octanol–water partition coefficient (Wildman–Crippen LogP) is 0.766. The fourth-order valence-electron chi connectivity index (χ4n) is 2.88. The van der Waals surface area contributed by atoms with Crippen LogP contribution >= 0.6 is 0 Å². The summed E-state index contributed by atoms with van der Waals surface area (Å²) in [5.74, 6) is 0.776. The molecular weight excluding hydrogens is 216 g/mol. The van der Waals surface area contributed by atoms with Crippen molar-refractivity contribution in [1.82, 2.24) is 10.2 Å². The molecule has 0 bridgehead atoms. The lowest BCUT2D eigenvalue weighted by atomic mass is 10.1. The van der Waals surface area contributed by atoms with Gasteiger partial charge in [-0.2, -0.15) is 0 Å². The summed E-state index contributed by atoms with van der Waals surface area (Å²) in [6.45, 7) is 3.65. The Morgan fingerprint density at radius 3 is 2.53 bits per heavy atom. The highest BCUT2D eigenvalue weighted by atomic mass is 16.5. The maximum absolute atomic E-state index is 11.9. The Labute approximate surface area is 103 Å². The van der Waals surface area contributed by atoms with E-state index in [4.69, 9.17) is 4.74 Å². The summed E-state index contributed by atoms with van der Waals surface area (Å²) in [6, 6.07) is 1.12. The highest BCUT2D eigenvalue weighted by Crippen LogP contribution is 2.32. The van der Waals surface area contributed by atoms with Crippen LogP contribution in [-0.2, 0) is 9.53 Å². The summed E-state index contributed by atoms with van der Waals surface area (Å²) in [5, 5.41) is 3.69. The molecule has 96 valence electrons. The SMILES string of the molecule is O=C(C1CC1)N1CCC(NC2CCOCC2)C1. The summed E-state index contributed by atoms with van der Waals surface area (Å²) >= 11 is 0. The first-order valence-electron chi connectivity index (χ1n) is 6.95. The van der Waals surface area contributed by atoms with Crippen LogP contribution in [0, 0.1) is 5.92 Å². The summed E-state index contributed by atoms with van der Waals surface area (Å²) < 4.78 is 5.36. The third-order valence-electron chi connectivity index (χ3n) is 4.12. The number of likely N-dealkylation sites (tertiary alicyclic amines) is 1. The molecule has 0 spiro atoms. The molecule has 1 unspecified atom stereocenters. The van der Waals surface area contributed by atoms with Crippen LogP contribution in [0.1, 0.15) is 32.1 Å².